The van der Waals surface area contributed by atoms with Gasteiger partial charge in [-0.15, -0.1) is 11.3 Å². The largest absolute Gasteiger partial charge is 0.397 e. The van der Waals surface area contributed by atoms with Crippen molar-refractivity contribution in [2.75, 3.05) is 12.8 Å². The number of methoxy groups -OCH3 is 1. The van der Waals surface area contributed by atoms with Crippen molar-refractivity contribution in [1.29, 1.82) is 0 Å². The smallest absolute Gasteiger partial charge is 0.126 e. The number of fused-ring (bicyclic) bond motifs is 1. The fraction of sp³-hybridized carbons (Fsp3) is 0.333. The second-order valence-corrected chi connectivity index (χ2v) is 5.09. The molecule has 0 bridgehead atoms. The van der Waals surface area contributed by atoms with Gasteiger partial charge in [0.15, 0.2) is 0 Å². The van der Waals surface area contributed by atoms with Crippen molar-refractivity contribution in [2.45, 2.75) is 20.5 Å². The lowest BCUT2D eigenvalue weighted by molar-refractivity contribution is 0.186. The fourth-order valence-electron chi connectivity index (χ4n) is 1.93. The third kappa shape index (κ3) is 2.04. The maximum Gasteiger partial charge on any atom is 0.126 e. The number of thiophene rings is 1. The molecule has 0 spiro atoms. The van der Waals surface area contributed by atoms with Crippen LogP contribution >= 0.6 is 11.3 Å². The molecule has 0 aliphatic heterocycles. The molecule has 0 amide bonds. The number of anilines is 1. The predicted molar refractivity (Wildman–Crippen MR) is 75.9 cm³/mol. The van der Waals surface area contributed by atoms with E-state index >= 15 is 0 Å². The summed E-state index contributed by atoms with van der Waals surface area (Å²) in [5, 5.41) is 4.65. The summed E-state index contributed by atoms with van der Waals surface area (Å²) >= 11 is 1.51. The van der Waals surface area contributed by atoms with Crippen molar-refractivity contribution in [3.8, 4) is 0 Å². The number of aryl methyl sites for hydroxylation is 1. The highest BCUT2D eigenvalue weighted by atomic mass is 32.1. The number of nitrogen functional groups attached to an aromatic ring is 1. The van der Waals surface area contributed by atoms with Gasteiger partial charge in [-0.2, -0.15) is 5.10 Å². The van der Waals surface area contributed by atoms with Gasteiger partial charge in [0.05, 0.1) is 22.9 Å². The molecular formula is C12H16N4OS. The number of pyridine rings is 1. The Kier molecular flexibility index (Phi) is 3.49. The van der Waals surface area contributed by atoms with Crippen LogP contribution in [0.25, 0.3) is 10.2 Å². The average Bonchev–Trinajstić information content (AvgIpc) is 2.66. The van der Waals surface area contributed by atoms with E-state index in [9.17, 15) is 0 Å². The van der Waals surface area contributed by atoms with Crippen LogP contribution in [0.5, 0.6) is 0 Å². The van der Waals surface area contributed by atoms with Crippen LogP contribution < -0.4 is 11.6 Å². The molecule has 0 radical (unpaired) electrons. The van der Waals surface area contributed by atoms with Crippen molar-refractivity contribution >= 4 is 33.0 Å². The summed E-state index contributed by atoms with van der Waals surface area (Å²) in [4.78, 5) is 6.28. The molecule has 18 heavy (non-hydrogen) atoms. The van der Waals surface area contributed by atoms with Crippen LogP contribution in [0.15, 0.2) is 11.2 Å². The van der Waals surface area contributed by atoms with Gasteiger partial charge in [0.1, 0.15) is 4.83 Å². The monoisotopic (exact) mass is 264 g/mol. The summed E-state index contributed by atoms with van der Waals surface area (Å²) in [6.07, 6.45) is 0. The van der Waals surface area contributed by atoms with Gasteiger partial charge in [0.25, 0.3) is 0 Å². The number of hydrazone groups is 1. The summed E-state index contributed by atoms with van der Waals surface area (Å²) in [5.74, 6) is 5.32. The third-order valence-electron chi connectivity index (χ3n) is 2.73. The first-order chi connectivity index (χ1) is 8.58. The van der Waals surface area contributed by atoms with E-state index in [1.165, 1.54) is 11.3 Å². The summed E-state index contributed by atoms with van der Waals surface area (Å²) in [6, 6.07) is 1.99. The normalized spacial score (nSPS) is 12.3. The second kappa shape index (κ2) is 4.91. The lowest BCUT2D eigenvalue weighted by Crippen LogP contribution is -2.00. The number of hydrogen-bond donors (Lipinski definition) is 2. The zero-order valence-corrected chi connectivity index (χ0v) is 11.5. The third-order valence-corrected chi connectivity index (χ3v) is 3.94. The van der Waals surface area contributed by atoms with Gasteiger partial charge in [0.2, 0.25) is 0 Å². The molecule has 5 nitrogen and oxygen atoms in total. The van der Waals surface area contributed by atoms with Crippen molar-refractivity contribution in [3.05, 3.63) is 22.2 Å². The van der Waals surface area contributed by atoms with E-state index in [-0.39, 0.29) is 0 Å². The van der Waals surface area contributed by atoms with E-state index in [4.69, 9.17) is 16.3 Å². The summed E-state index contributed by atoms with van der Waals surface area (Å²) in [5.41, 5.74) is 9.57. The molecule has 0 fully saturated rings. The Labute approximate surface area is 109 Å². The summed E-state index contributed by atoms with van der Waals surface area (Å²) < 4.78 is 5.21. The second-order valence-electron chi connectivity index (χ2n) is 4.10. The zero-order valence-electron chi connectivity index (χ0n) is 10.7. The van der Waals surface area contributed by atoms with E-state index in [1.807, 2.05) is 19.9 Å². The van der Waals surface area contributed by atoms with Crippen LogP contribution in [0, 0.1) is 6.92 Å². The molecule has 2 aromatic rings. The molecule has 6 heteroatoms. The summed E-state index contributed by atoms with van der Waals surface area (Å²) in [6.45, 7) is 4.31. The number of ether oxygens (including phenoxy) is 1. The van der Waals surface area contributed by atoms with Crippen molar-refractivity contribution in [3.63, 3.8) is 0 Å². The number of aromatic nitrogens is 1. The van der Waals surface area contributed by atoms with Crippen LogP contribution in [0.2, 0.25) is 0 Å². The summed E-state index contributed by atoms with van der Waals surface area (Å²) in [7, 11) is 1.66. The first-order valence-corrected chi connectivity index (χ1v) is 6.32. The number of hydrogen-bond acceptors (Lipinski definition) is 6. The minimum Gasteiger partial charge on any atom is -0.397 e. The molecule has 0 aliphatic rings. The molecule has 0 aromatic carbocycles. The molecular weight excluding hydrogens is 248 g/mol. The van der Waals surface area contributed by atoms with Crippen molar-refractivity contribution in [2.24, 2.45) is 10.9 Å². The molecule has 4 N–H and O–H groups in total. The topological polar surface area (TPSA) is 86.5 Å². The van der Waals surface area contributed by atoms with Gasteiger partial charge >= 0.3 is 0 Å². The Morgan fingerprint density at radius 3 is 2.89 bits per heavy atom. The Morgan fingerprint density at radius 1 is 1.56 bits per heavy atom. The predicted octanol–water partition coefficient (Wildman–Crippen LogP) is 2.02. The van der Waals surface area contributed by atoms with Crippen LogP contribution in [0.3, 0.4) is 0 Å². The van der Waals surface area contributed by atoms with Crippen LogP contribution in [0.1, 0.15) is 23.1 Å². The molecule has 0 aliphatic carbocycles. The molecule has 0 saturated heterocycles. The van der Waals surface area contributed by atoms with Gasteiger partial charge in [-0.3, -0.25) is 0 Å². The molecule has 0 unspecified atom stereocenters. The zero-order chi connectivity index (χ0) is 13.3. The molecule has 2 rings (SSSR count). The highest BCUT2D eigenvalue weighted by Crippen LogP contribution is 2.35. The minimum atomic E-state index is 0.513. The fourth-order valence-corrected chi connectivity index (χ4v) is 3.07. The lowest BCUT2D eigenvalue weighted by atomic mass is 10.1. The molecule has 0 saturated carbocycles. The van der Waals surface area contributed by atoms with Crippen molar-refractivity contribution < 1.29 is 4.74 Å². The van der Waals surface area contributed by atoms with Crippen LogP contribution in [0.4, 0.5) is 5.69 Å². The minimum absolute atomic E-state index is 0.513. The Hall–Kier alpha value is -1.66. The first-order valence-electron chi connectivity index (χ1n) is 5.50. The van der Waals surface area contributed by atoms with Crippen LogP contribution in [-0.4, -0.2) is 17.8 Å². The van der Waals surface area contributed by atoms with Crippen molar-refractivity contribution in [1.82, 2.24) is 4.98 Å². The van der Waals surface area contributed by atoms with Gasteiger partial charge in [-0.1, -0.05) is 0 Å². The SMILES string of the molecule is COCc1cc(C)nc2sc(/C(C)=N\N)c(N)c12. The molecule has 96 valence electrons. The quantitative estimate of drug-likeness (QED) is 0.504. The number of rotatable bonds is 3. The van der Waals surface area contributed by atoms with Gasteiger partial charge in [-0.05, 0) is 25.5 Å². The Morgan fingerprint density at radius 2 is 2.28 bits per heavy atom. The maximum atomic E-state index is 6.18. The van der Waals surface area contributed by atoms with Gasteiger partial charge in [0, 0.05) is 18.2 Å². The molecule has 0 atom stereocenters. The standard InChI is InChI=1S/C12H16N4OS/c1-6-4-8(5-17-3)9-10(13)11(7(2)16-14)18-12(9)15-6/h4H,5,13-14H2,1-3H3/b16-7-. The number of nitrogens with two attached hydrogens (primary N) is 2. The average molecular weight is 264 g/mol. The van der Waals surface area contributed by atoms with E-state index in [2.05, 4.69) is 10.1 Å². The van der Waals surface area contributed by atoms with E-state index < -0.39 is 0 Å². The van der Waals surface area contributed by atoms with E-state index in [1.54, 1.807) is 7.11 Å². The lowest BCUT2D eigenvalue weighted by Gasteiger charge is -2.04. The molecule has 2 heterocycles. The number of nitrogens with zero attached hydrogens (tertiary/aromatic N) is 2. The first kappa shape index (κ1) is 12.8. The molecule has 2 aromatic heterocycles. The highest BCUT2D eigenvalue weighted by molar-refractivity contribution is 7.21. The van der Waals surface area contributed by atoms with E-state index in [0.717, 1.165) is 32.1 Å². The van der Waals surface area contributed by atoms with Gasteiger partial charge in [-0.25, -0.2) is 4.98 Å². The van der Waals surface area contributed by atoms with Gasteiger partial charge < -0.3 is 16.3 Å². The maximum absolute atomic E-state index is 6.18. The van der Waals surface area contributed by atoms with Crippen LogP contribution in [-0.2, 0) is 11.3 Å². The van der Waals surface area contributed by atoms with E-state index in [0.29, 0.717) is 12.3 Å². The Balaban J connectivity index is 2.75. The highest BCUT2D eigenvalue weighted by Gasteiger charge is 2.16. The Bertz CT molecular complexity index is 618.